The number of pyridine rings is 1. The minimum Gasteiger partial charge on any atom is -0.378 e. The lowest BCUT2D eigenvalue weighted by atomic mass is 10.3. The standard InChI is InChI=1S/C15H19N5O2/c1-5-21-6-2-19(1)14-9-12-10-17-15(18-13(12)11-16-14)20-3-7-22-8-4-20/h9-11H,1-8H2. The fraction of sp³-hybridized carbons (Fsp3) is 0.533. The fourth-order valence-electron chi connectivity index (χ4n) is 2.79. The highest BCUT2D eigenvalue weighted by Gasteiger charge is 2.16. The highest BCUT2D eigenvalue weighted by atomic mass is 16.5. The highest BCUT2D eigenvalue weighted by Crippen LogP contribution is 2.20. The Hall–Kier alpha value is -1.99. The Morgan fingerprint density at radius 2 is 1.50 bits per heavy atom. The van der Waals surface area contributed by atoms with Gasteiger partial charge in [-0.15, -0.1) is 0 Å². The van der Waals surface area contributed by atoms with Gasteiger partial charge in [-0.3, -0.25) is 0 Å². The van der Waals surface area contributed by atoms with Crippen LogP contribution in [0.3, 0.4) is 0 Å². The quantitative estimate of drug-likeness (QED) is 0.809. The van der Waals surface area contributed by atoms with Crippen molar-refractivity contribution in [1.82, 2.24) is 15.0 Å². The van der Waals surface area contributed by atoms with Crippen molar-refractivity contribution in [1.29, 1.82) is 0 Å². The molecule has 0 bridgehead atoms. The van der Waals surface area contributed by atoms with Crippen molar-refractivity contribution in [2.24, 2.45) is 0 Å². The summed E-state index contributed by atoms with van der Waals surface area (Å²) in [6.45, 7) is 6.41. The van der Waals surface area contributed by atoms with Gasteiger partial charge in [0.1, 0.15) is 5.82 Å². The van der Waals surface area contributed by atoms with Gasteiger partial charge in [0, 0.05) is 37.8 Å². The molecule has 22 heavy (non-hydrogen) atoms. The molecule has 0 saturated carbocycles. The average molecular weight is 301 g/mol. The smallest absolute Gasteiger partial charge is 0.226 e. The number of fused-ring (bicyclic) bond motifs is 1. The lowest BCUT2D eigenvalue weighted by Crippen LogP contribution is -2.37. The van der Waals surface area contributed by atoms with E-state index in [-0.39, 0.29) is 0 Å². The minimum atomic E-state index is 0.732. The van der Waals surface area contributed by atoms with E-state index in [2.05, 4.69) is 30.8 Å². The third kappa shape index (κ3) is 2.69. The van der Waals surface area contributed by atoms with Crippen LogP contribution in [0, 0.1) is 0 Å². The molecule has 0 unspecified atom stereocenters. The fourth-order valence-corrected chi connectivity index (χ4v) is 2.79. The summed E-state index contributed by atoms with van der Waals surface area (Å²) in [5.74, 6) is 1.73. The van der Waals surface area contributed by atoms with Gasteiger partial charge >= 0.3 is 0 Å². The van der Waals surface area contributed by atoms with Gasteiger partial charge in [0.05, 0.1) is 38.1 Å². The largest absolute Gasteiger partial charge is 0.378 e. The number of morpholine rings is 2. The first kappa shape index (κ1) is 13.7. The van der Waals surface area contributed by atoms with Crippen LogP contribution in [-0.2, 0) is 9.47 Å². The molecule has 2 fully saturated rings. The van der Waals surface area contributed by atoms with Crippen molar-refractivity contribution in [2.45, 2.75) is 0 Å². The Labute approximate surface area is 128 Å². The first-order chi connectivity index (χ1) is 10.9. The first-order valence-electron chi connectivity index (χ1n) is 7.68. The van der Waals surface area contributed by atoms with Crippen LogP contribution in [0.15, 0.2) is 18.5 Å². The van der Waals surface area contributed by atoms with Crippen molar-refractivity contribution in [3.63, 3.8) is 0 Å². The van der Waals surface area contributed by atoms with E-state index >= 15 is 0 Å². The monoisotopic (exact) mass is 301 g/mol. The maximum absolute atomic E-state index is 5.38. The molecule has 2 aliphatic heterocycles. The number of rotatable bonds is 2. The summed E-state index contributed by atoms with van der Waals surface area (Å²) in [6.07, 6.45) is 3.73. The molecule has 0 spiro atoms. The lowest BCUT2D eigenvalue weighted by Gasteiger charge is -2.28. The molecule has 116 valence electrons. The predicted molar refractivity (Wildman–Crippen MR) is 83.4 cm³/mol. The van der Waals surface area contributed by atoms with Gasteiger partial charge in [-0.1, -0.05) is 0 Å². The molecule has 2 aromatic rings. The third-order valence-corrected chi connectivity index (χ3v) is 4.07. The van der Waals surface area contributed by atoms with Crippen molar-refractivity contribution in [2.75, 3.05) is 62.4 Å². The van der Waals surface area contributed by atoms with E-state index < -0.39 is 0 Å². The van der Waals surface area contributed by atoms with E-state index in [1.165, 1.54) is 0 Å². The summed E-state index contributed by atoms with van der Waals surface area (Å²) in [5, 5.41) is 1.02. The molecule has 0 radical (unpaired) electrons. The third-order valence-electron chi connectivity index (χ3n) is 4.07. The van der Waals surface area contributed by atoms with Crippen LogP contribution in [0.2, 0.25) is 0 Å². The molecule has 2 aliphatic rings. The molecule has 7 nitrogen and oxygen atoms in total. The Morgan fingerprint density at radius 1 is 0.818 bits per heavy atom. The summed E-state index contributed by atoms with van der Waals surface area (Å²) in [6, 6.07) is 2.06. The zero-order valence-corrected chi connectivity index (χ0v) is 12.4. The predicted octanol–water partition coefficient (Wildman–Crippen LogP) is 0.698. The highest BCUT2D eigenvalue weighted by molar-refractivity contribution is 5.80. The lowest BCUT2D eigenvalue weighted by molar-refractivity contribution is 0.122. The van der Waals surface area contributed by atoms with E-state index in [1.807, 2.05) is 12.4 Å². The average Bonchev–Trinajstić information content (AvgIpc) is 2.62. The molecule has 0 aliphatic carbocycles. The van der Waals surface area contributed by atoms with E-state index in [0.29, 0.717) is 0 Å². The summed E-state index contributed by atoms with van der Waals surface area (Å²) >= 11 is 0. The van der Waals surface area contributed by atoms with Gasteiger partial charge in [-0.05, 0) is 6.07 Å². The molecular weight excluding hydrogens is 282 g/mol. The normalized spacial score (nSPS) is 19.6. The van der Waals surface area contributed by atoms with Crippen molar-refractivity contribution in [3.8, 4) is 0 Å². The Balaban J connectivity index is 1.61. The summed E-state index contributed by atoms with van der Waals surface area (Å²) < 4.78 is 10.7. The molecule has 0 amide bonds. The number of nitrogens with zero attached hydrogens (tertiary/aromatic N) is 5. The molecule has 2 saturated heterocycles. The topological polar surface area (TPSA) is 63.6 Å². The number of aromatic nitrogens is 3. The van der Waals surface area contributed by atoms with E-state index in [9.17, 15) is 0 Å². The Kier molecular flexibility index (Phi) is 3.74. The number of anilines is 2. The molecule has 0 N–H and O–H groups in total. The molecule has 0 aromatic carbocycles. The first-order valence-corrected chi connectivity index (χ1v) is 7.68. The van der Waals surface area contributed by atoms with Gasteiger partial charge < -0.3 is 19.3 Å². The van der Waals surface area contributed by atoms with Crippen LogP contribution in [0.1, 0.15) is 0 Å². The number of ether oxygens (including phenoxy) is 2. The van der Waals surface area contributed by atoms with Gasteiger partial charge in [0.25, 0.3) is 0 Å². The molecule has 7 heteroatoms. The Bertz CT molecular complexity index is 596. The van der Waals surface area contributed by atoms with E-state index in [1.54, 1.807) is 0 Å². The summed E-state index contributed by atoms with van der Waals surface area (Å²) in [5.41, 5.74) is 0.883. The van der Waals surface area contributed by atoms with Crippen LogP contribution in [0.25, 0.3) is 10.9 Å². The molecule has 0 atom stereocenters. The molecule has 4 rings (SSSR count). The van der Waals surface area contributed by atoms with Crippen LogP contribution < -0.4 is 9.80 Å². The van der Waals surface area contributed by atoms with Gasteiger partial charge in [0.15, 0.2) is 0 Å². The zero-order valence-electron chi connectivity index (χ0n) is 12.4. The van der Waals surface area contributed by atoms with Crippen molar-refractivity contribution in [3.05, 3.63) is 18.5 Å². The van der Waals surface area contributed by atoms with E-state index in [0.717, 1.165) is 75.3 Å². The van der Waals surface area contributed by atoms with Gasteiger partial charge in [-0.2, -0.15) is 0 Å². The summed E-state index contributed by atoms with van der Waals surface area (Å²) in [7, 11) is 0. The second-order valence-electron chi connectivity index (χ2n) is 5.47. The van der Waals surface area contributed by atoms with E-state index in [4.69, 9.17) is 9.47 Å². The Morgan fingerprint density at radius 3 is 2.23 bits per heavy atom. The number of hydrogen-bond donors (Lipinski definition) is 0. The molecule has 2 aromatic heterocycles. The van der Waals surface area contributed by atoms with Crippen LogP contribution in [0.4, 0.5) is 11.8 Å². The van der Waals surface area contributed by atoms with Crippen LogP contribution in [0.5, 0.6) is 0 Å². The molecular formula is C15H19N5O2. The second kappa shape index (κ2) is 6.02. The van der Waals surface area contributed by atoms with Gasteiger partial charge in [-0.25, -0.2) is 15.0 Å². The summed E-state index contributed by atoms with van der Waals surface area (Å²) in [4.78, 5) is 18.1. The van der Waals surface area contributed by atoms with Gasteiger partial charge in [0.2, 0.25) is 5.95 Å². The maximum atomic E-state index is 5.38. The maximum Gasteiger partial charge on any atom is 0.226 e. The van der Waals surface area contributed by atoms with Crippen LogP contribution >= 0.6 is 0 Å². The zero-order chi connectivity index (χ0) is 14.8. The second-order valence-corrected chi connectivity index (χ2v) is 5.47. The minimum absolute atomic E-state index is 0.732. The molecule has 4 heterocycles. The van der Waals surface area contributed by atoms with Crippen LogP contribution in [-0.4, -0.2) is 67.6 Å². The SMILES string of the molecule is c1nc(N2CCOCC2)nc2cnc(N3CCOCC3)cc12. The van der Waals surface area contributed by atoms with Crippen molar-refractivity contribution >= 4 is 22.7 Å². The van der Waals surface area contributed by atoms with Crippen molar-refractivity contribution < 1.29 is 9.47 Å². The number of hydrogen-bond acceptors (Lipinski definition) is 7.